The van der Waals surface area contributed by atoms with Crippen LogP contribution in [0.5, 0.6) is 11.5 Å². The predicted octanol–water partition coefficient (Wildman–Crippen LogP) is 11.2. The molecule has 3 aliphatic heterocycles. The summed E-state index contributed by atoms with van der Waals surface area (Å²) in [5.74, 6) is 3.80. The number of amidine groups is 1. The molecular formula is C51H41N3O. The molecule has 0 aromatic heterocycles. The average molecular weight is 712 g/mol. The number of hydrogen-bond acceptors (Lipinski definition) is 4. The lowest BCUT2D eigenvalue weighted by atomic mass is 9.60. The number of benzene rings is 4. The first kappa shape index (κ1) is 31.4. The van der Waals surface area contributed by atoms with E-state index in [0.717, 1.165) is 47.9 Å². The van der Waals surface area contributed by atoms with Crippen molar-refractivity contribution in [3.8, 4) is 11.5 Å². The van der Waals surface area contributed by atoms with Gasteiger partial charge in [-0.3, -0.25) is 4.99 Å². The van der Waals surface area contributed by atoms with E-state index in [1.165, 1.54) is 39.1 Å². The van der Waals surface area contributed by atoms with Gasteiger partial charge < -0.3 is 9.64 Å². The highest BCUT2D eigenvalue weighted by molar-refractivity contribution is 6.14. The molecule has 7 atom stereocenters. The van der Waals surface area contributed by atoms with Gasteiger partial charge in [0.2, 0.25) is 0 Å². The van der Waals surface area contributed by atoms with Crippen LogP contribution in [0.1, 0.15) is 70.5 Å². The average Bonchev–Trinajstić information content (AvgIpc) is 3.75. The van der Waals surface area contributed by atoms with Gasteiger partial charge in [0.1, 0.15) is 11.5 Å². The number of anilines is 1. The molecule has 5 aliphatic carbocycles. The van der Waals surface area contributed by atoms with E-state index >= 15 is 0 Å². The molecule has 3 heterocycles. The molecule has 0 amide bonds. The Morgan fingerprint density at radius 3 is 2.24 bits per heavy atom. The summed E-state index contributed by atoms with van der Waals surface area (Å²) in [7, 11) is 0. The molecule has 0 N–H and O–H groups in total. The van der Waals surface area contributed by atoms with Crippen molar-refractivity contribution in [1.82, 2.24) is 0 Å². The number of hydrogen-bond donors (Lipinski definition) is 0. The van der Waals surface area contributed by atoms with E-state index in [0.29, 0.717) is 12.0 Å². The Kier molecular flexibility index (Phi) is 6.84. The van der Waals surface area contributed by atoms with Crippen LogP contribution in [-0.2, 0) is 5.41 Å². The molecule has 4 aromatic rings. The first-order valence-corrected chi connectivity index (χ1v) is 20.1. The molecule has 0 bridgehead atoms. The lowest BCUT2D eigenvalue weighted by molar-refractivity contribution is 0.371. The van der Waals surface area contributed by atoms with Gasteiger partial charge in [0.25, 0.3) is 0 Å². The maximum Gasteiger partial charge on any atom is 0.155 e. The van der Waals surface area contributed by atoms with Crippen LogP contribution in [0, 0.1) is 11.8 Å². The molecule has 8 aliphatic rings. The van der Waals surface area contributed by atoms with Gasteiger partial charge in [0, 0.05) is 51.8 Å². The topological polar surface area (TPSA) is 37.2 Å². The lowest BCUT2D eigenvalue weighted by Gasteiger charge is -2.44. The Hall–Kier alpha value is -6.00. The van der Waals surface area contributed by atoms with Gasteiger partial charge in [0.05, 0.1) is 23.5 Å². The summed E-state index contributed by atoms with van der Waals surface area (Å²) in [6.45, 7) is 0. The van der Waals surface area contributed by atoms with E-state index in [-0.39, 0.29) is 29.8 Å². The van der Waals surface area contributed by atoms with Crippen molar-refractivity contribution in [2.24, 2.45) is 21.8 Å². The minimum Gasteiger partial charge on any atom is -0.457 e. The quantitative estimate of drug-likeness (QED) is 0.212. The Morgan fingerprint density at radius 1 is 0.673 bits per heavy atom. The number of allylic oxidation sites excluding steroid dienone is 8. The van der Waals surface area contributed by atoms with Crippen LogP contribution in [0.2, 0.25) is 0 Å². The van der Waals surface area contributed by atoms with E-state index in [1.807, 2.05) is 0 Å². The minimum absolute atomic E-state index is 0.0630. The molecular weight excluding hydrogens is 671 g/mol. The fourth-order valence-electron chi connectivity index (χ4n) is 11.4. The molecule has 0 saturated carbocycles. The third-order valence-electron chi connectivity index (χ3n) is 13.6. The number of para-hydroxylation sites is 3. The standard InChI is InChI=1S/C51H41N3O/c1-5-20-40-34(14-1)37-18-13-19-39(48(37)51(40)41-21-6-11-26-46(41)55-47-27-12-7-22-42(47)51)49-38-17-2-8-23-43(38)52-50(53-49)32-28-30-33(31-29-32)54-44-24-9-3-15-35(44)36-16-4-10-25-45(36)54/h1,3-16,18-30,33-35,38,40,44,49H,2,17,31H2. The van der Waals surface area contributed by atoms with E-state index in [1.54, 1.807) is 0 Å². The number of rotatable bonds is 3. The Labute approximate surface area is 322 Å². The second-order valence-electron chi connectivity index (χ2n) is 16.1. The van der Waals surface area contributed by atoms with Crippen LogP contribution in [0.4, 0.5) is 5.69 Å². The molecule has 4 nitrogen and oxygen atoms in total. The van der Waals surface area contributed by atoms with E-state index < -0.39 is 5.41 Å². The predicted molar refractivity (Wildman–Crippen MR) is 223 cm³/mol. The van der Waals surface area contributed by atoms with Gasteiger partial charge >= 0.3 is 0 Å². The number of fused-ring (bicyclic) bond motifs is 13. The number of ether oxygens (including phenoxy) is 1. The van der Waals surface area contributed by atoms with E-state index in [2.05, 4.69) is 175 Å². The Morgan fingerprint density at radius 2 is 1.40 bits per heavy atom. The zero-order chi connectivity index (χ0) is 36.1. The summed E-state index contributed by atoms with van der Waals surface area (Å²) in [4.78, 5) is 13.7. The summed E-state index contributed by atoms with van der Waals surface area (Å²) >= 11 is 0. The smallest absolute Gasteiger partial charge is 0.155 e. The fourth-order valence-corrected chi connectivity index (χ4v) is 11.4. The second kappa shape index (κ2) is 12.0. The van der Waals surface area contributed by atoms with E-state index in [9.17, 15) is 0 Å². The van der Waals surface area contributed by atoms with Crippen LogP contribution in [-0.4, -0.2) is 23.6 Å². The minimum atomic E-state index is -0.428. The maximum atomic E-state index is 6.70. The zero-order valence-corrected chi connectivity index (χ0v) is 30.6. The molecule has 12 rings (SSSR count). The highest BCUT2D eigenvalue weighted by atomic mass is 16.5. The summed E-state index contributed by atoms with van der Waals surface area (Å²) in [5.41, 5.74) is 11.2. The highest BCUT2D eigenvalue weighted by Gasteiger charge is 2.58. The molecule has 266 valence electrons. The molecule has 7 unspecified atom stereocenters. The molecule has 1 spiro atoms. The summed E-state index contributed by atoms with van der Waals surface area (Å²) in [6, 6.07) is 34.0. The SMILES string of the molecule is C1=CC2c3ccccc3N(C3C=CC(C4=NC(c5cccc6c5C5(c7ccccc7Oc7ccccc75)C5C=CC=CC65)C5CCC=CC5=N4)=CC3)C2C=C1. The van der Waals surface area contributed by atoms with E-state index in [4.69, 9.17) is 14.7 Å². The summed E-state index contributed by atoms with van der Waals surface area (Å²) in [6.07, 6.45) is 33.1. The fraction of sp³-hybridized carbons (Fsp3) is 0.216. The maximum absolute atomic E-state index is 6.70. The monoisotopic (exact) mass is 711 g/mol. The summed E-state index contributed by atoms with van der Waals surface area (Å²) in [5, 5.41) is 0. The van der Waals surface area contributed by atoms with Gasteiger partial charge in [-0.25, -0.2) is 4.99 Å². The third kappa shape index (κ3) is 4.40. The number of nitrogens with zero attached hydrogens (tertiary/aromatic N) is 3. The van der Waals surface area contributed by atoms with Gasteiger partial charge in [-0.2, -0.15) is 0 Å². The van der Waals surface area contributed by atoms with Crippen molar-refractivity contribution in [2.75, 3.05) is 4.90 Å². The summed E-state index contributed by atoms with van der Waals surface area (Å²) < 4.78 is 6.70. The van der Waals surface area contributed by atoms with Gasteiger partial charge in [-0.1, -0.05) is 146 Å². The second-order valence-corrected chi connectivity index (χ2v) is 16.1. The van der Waals surface area contributed by atoms with Crippen molar-refractivity contribution < 1.29 is 4.74 Å². The van der Waals surface area contributed by atoms with Crippen LogP contribution in [0.3, 0.4) is 0 Å². The first-order valence-electron chi connectivity index (χ1n) is 20.1. The van der Waals surface area contributed by atoms with Crippen molar-refractivity contribution in [3.63, 3.8) is 0 Å². The molecule has 0 fully saturated rings. The molecule has 0 radical (unpaired) electrons. The van der Waals surface area contributed by atoms with Gasteiger partial charge in [-0.15, -0.1) is 0 Å². The van der Waals surface area contributed by atoms with Crippen LogP contribution < -0.4 is 9.64 Å². The van der Waals surface area contributed by atoms with Gasteiger partial charge in [-0.05, 0) is 65.8 Å². The van der Waals surface area contributed by atoms with Crippen LogP contribution in [0.15, 0.2) is 186 Å². The Balaban J connectivity index is 0.992. The highest BCUT2D eigenvalue weighted by Crippen LogP contribution is 2.66. The van der Waals surface area contributed by atoms with Crippen LogP contribution >= 0.6 is 0 Å². The molecule has 0 saturated heterocycles. The van der Waals surface area contributed by atoms with Crippen molar-refractivity contribution >= 4 is 17.2 Å². The number of aliphatic imine (C=N–C) groups is 2. The third-order valence-corrected chi connectivity index (χ3v) is 13.6. The van der Waals surface area contributed by atoms with Crippen molar-refractivity contribution in [1.29, 1.82) is 0 Å². The van der Waals surface area contributed by atoms with Crippen molar-refractivity contribution in [3.05, 3.63) is 209 Å². The normalized spacial score (nSPS) is 29.2. The first-order chi connectivity index (χ1) is 27.3. The van der Waals surface area contributed by atoms with Crippen LogP contribution in [0.25, 0.3) is 0 Å². The molecule has 55 heavy (non-hydrogen) atoms. The Bertz CT molecular complexity index is 2530. The molecule has 4 aromatic carbocycles. The lowest BCUT2D eigenvalue weighted by Crippen LogP contribution is -2.41. The molecule has 4 heteroatoms. The van der Waals surface area contributed by atoms with Crippen molar-refractivity contribution in [2.45, 2.75) is 54.6 Å². The zero-order valence-electron chi connectivity index (χ0n) is 30.6. The van der Waals surface area contributed by atoms with Gasteiger partial charge in [0.15, 0.2) is 5.84 Å². The largest absolute Gasteiger partial charge is 0.457 e.